The molecule has 0 radical (unpaired) electrons. The maximum atomic E-state index is 2.41. The van der Waals surface area contributed by atoms with Gasteiger partial charge >= 0.3 is 0 Å². The van der Waals surface area contributed by atoms with Crippen molar-refractivity contribution in [2.75, 3.05) is 0 Å². The number of aryl methyl sites for hydroxylation is 1. The zero-order valence-electron chi connectivity index (χ0n) is 15.7. The van der Waals surface area contributed by atoms with Gasteiger partial charge < -0.3 is 4.57 Å². The number of rotatable bonds is 1. The Hall–Kier alpha value is -3.58. The van der Waals surface area contributed by atoms with Gasteiger partial charge in [-0.2, -0.15) is 0 Å². The first-order valence-corrected chi connectivity index (χ1v) is 9.72. The molecule has 0 unspecified atom stereocenters. The molecular weight excluding hydrogens is 338 g/mol. The van der Waals surface area contributed by atoms with E-state index in [0.717, 1.165) is 0 Å². The molecule has 6 rings (SSSR count). The van der Waals surface area contributed by atoms with Gasteiger partial charge in [-0.3, -0.25) is 0 Å². The second kappa shape index (κ2) is 5.71. The van der Waals surface area contributed by atoms with Crippen LogP contribution < -0.4 is 0 Å². The van der Waals surface area contributed by atoms with E-state index >= 15 is 0 Å². The molecule has 28 heavy (non-hydrogen) atoms. The molecule has 132 valence electrons. The molecule has 1 heteroatoms. The molecule has 0 saturated heterocycles. The number of hydrogen-bond donors (Lipinski definition) is 0. The van der Waals surface area contributed by atoms with E-state index < -0.39 is 0 Å². The highest BCUT2D eigenvalue weighted by atomic mass is 15.0. The molecule has 1 heterocycles. The Bertz CT molecular complexity index is 1500. The first-order valence-electron chi connectivity index (χ1n) is 9.72. The van der Waals surface area contributed by atoms with E-state index in [1.54, 1.807) is 0 Å². The van der Waals surface area contributed by atoms with Crippen LogP contribution in [0.5, 0.6) is 0 Å². The molecule has 0 aliphatic heterocycles. The lowest BCUT2D eigenvalue weighted by Gasteiger charge is -2.09. The van der Waals surface area contributed by atoms with Gasteiger partial charge in [0, 0.05) is 16.5 Å². The Morgan fingerprint density at radius 1 is 0.536 bits per heavy atom. The maximum Gasteiger partial charge on any atom is 0.0550 e. The molecule has 0 atom stereocenters. The Morgan fingerprint density at radius 2 is 1.18 bits per heavy atom. The van der Waals surface area contributed by atoms with Crippen LogP contribution >= 0.6 is 0 Å². The van der Waals surface area contributed by atoms with Gasteiger partial charge in [-0.15, -0.1) is 0 Å². The summed E-state index contributed by atoms with van der Waals surface area (Å²) >= 11 is 0. The van der Waals surface area contributed by atoms with Crippen molar-refractivity contribution >= 4 is 43.4 Å². The van der Waals surface area contributed by atoms with Gasteiger partial charge in [-0.1, -0.05) is 72.8 Å². The van der Waals surface area contributed by atoms with E-state index in [9.17, 15) is 0 Å². The summed E-state index contributed by atoms with van der Waals surface area (Å²) in [5.41, 5.74) is 5.05. The van der Waals surface area contributed by atoms with Crippen LogP contribution in [0.15, 0.2) is 97.1 Å². The molecule has 0 N–H and O–H groups in total. The SMILES string of the molecule is Cc1cc2c(c3ccccc13)c1c3ccccc3ccc1n2-c1ccccc1. The van der Waals surface area contributed by atoms with Crippen LogP contribution in [0.1, 0.15) is 5.56 Å². The topological polar surface area (TPSA) is 4.93 Å². The first-order chi connectivity index (χ1) is 13.8. The van der Waals surface area contributed by atoms with Crippen LogP contribution in [0.3, 0.4) is 0 Å². The van der Waals surface area contributed by atoms with Gasteiger partial charge in [-0.05, 0) is 58.3 Å². The fourth-order valence-corrected chi connectivity index (χ4v) is 4.67. The predicted octanol–water partition coefficient (Wildman–Crippen LogP) is 7.40. The smallest absolute Gasteiger partial charge is 0.0550 e. The van der Waals surface area contributed by atoms with E-state index in [-0.39, 0.29) is 0 Å². The highest BCUT2D eigenvalue weighted by Gasteiger charge is 2.17. The Labute approximate surface area is 163 Å². The summed E-state index contributed by atoms with van der Waals surface area (Å²) in [7, 11) is 0. The van der Waals surface area contributed by atoms with Crippen molar-refractivity contribution in [3.63, 3.8) is 0 Å². The number of para-hydroxylation sites is 1. The van der Waals surface area contributed by atoms with Gasteiger partial charge in [0.25, 0.3) is 0 Å². The van der Waals surface area contributed by atoms with Crippen LogP contribution in [0.4, 0.5) is 0 Å². The molecule has 0 spiro atoms. The molecule has 0 aliphatic carbocycles. The molecular formula is C27H19N. The zero-order valence-corrected chi connectivity index (χ0v) is 15.7. The van der Waals surface area contributed by atoms with E-state index in [1.165, 1.54) is 54.6 Å². The van der Waals surface area contributed by atoms with Crippen LogP contribution in [-0.4, -0.2) is 4.57 Å². The van der Waals surface area contributed by atoms with Crippen molar-refractivity contribution in [3.8, 4) is 5.69 Å². The average Bonchev–Trinajstić information content (AvgIpc) is 3.09. The van der Waals surface area contributed by atoms with Crippen LogP contribution in [-0.2, 0) is 0 Å². The third-order valence-corrected chi connectivity index (χ3v) is 5.88. The molecule has 0 saturated carbocycles. The molecule has 5 aromatic carbocycles. The van der Waals surface area contributed by atoms with Crippen molar-refractivity contribution in [2.45, 2.75) is 6.92 Å². The third kappa shape index (κ3) is 2.02. The van der Waals surface area contributed by atoms with Gasteiger partial charge in [0.15, 0.2) is 0 Å². The lowest BCUT2D eigenvalue weighted by atomic mass is 9.97. The summed E-state index contributed by atoms with van der Waals surface area (Å²) in [5.74, 6) is 0. The largest absolute Gasteiger partial charge is 0.309 e. The number of benzene rings is 5. The molecule has 1 nitrogen and oxygen atoms in total. The Kier molecular flexibility index (Phi) is 3.15. The molecule has 6 aromatic rings. The molecule has 0 bridgehead atoms. The van der Waals surface area contributed by atoms with Crippen LogP contribution in [0.2, 0.25) is 0 Å². The summed E-state index contributed by atoms with van der Waals surface area (Å²) in [6, 6.07) is 35.1. The minimum atomic E-state index is 1.20. The summed E-state index contributed by atoms with van der Waals surface area (Å²) in [6.07, 6.45) is 0. The highest BCUT2D eigenvalue weighted by Crippen LogP contribution is 2.41. The molecule has 0 amide bonds. The van der Waals surface area contributed by atoms with E-state index in [2.05, 4.69) is 109 Å². The lowest BCUT2D eigenvalue weighted by molar-refractivity contribution is 1.18. The summed E-state index contributed by atoms with van der Waals surface area (Å²) < 4.78 is 2.41. The fraction of sp³-hybridized carbons (Fsp3) is 0.0370. The Morgan fingerprint density at radius 3 is 2.00 bits per heavy atom. The number of nitrogens with zero attached hydrogens (tertiary/aromatic N) is 1. The lowest BCUT2D eigenvalue weighted by Crippen LogP contribution is -1.93. The second-order valence-corrected chi connectivity index (χ2v) is 7.48. The van der Waals surface area contributed by atoms with Gasteiger partial charge in [0.05, 0.1) is 11.0 Å². The van der Waals surface area contributed by atoms with E-state index in [1.807, 2.05) is 0 Å². The standard InChI is InChI=1S/C27H19N/c1-18-17-25-27(23-14-8-7-12-21(18)23)26-22-13-6-5-9-19(22)15-16-24(26)28(25)20-10-3-2-4-11-20/h2-17H,1H3. The van der Waals surface area contributed by atoms with Crippen molar-refractivity contribution < 1.29 is 0 Å². The van der Waals surface area contributed by atoms with Crippen molar-refractivity contribution in [1.82, 2.24) is 4.57 Å². The minimum Gasteiger partial charge on any atom is -0.309 e. The first kappa shape index (κ1) is 15.5. The predicted molar refractivity (Wildman–Crippen MR) is 121 cm³/mol. The van der Waals surface area contributed by atoms with Crippen LogP contribution in [0, 0.1) is 6.92 Å². The van der Waals surface area contributed by atoms with Gasteiger partial charge in [0.1, 0.15) is 0 Å². The summed E-state index contributed by atoms with van der Waals surface area (Å²) in [4.78, 5) is 0. The van der Waals surface area contributed by atoms with Crippen molar-refractivity contribution in [3.05, 3.63) is 103 Å². The number of fused-ring (bicyclic) bond motifs is 7. The molecule has 1 aromatic heterocycles. The zero-order chi connectivity index (χ0) is 18.7. The van der Waals surface area contributed by atoms with E-state index in [0.29, 0.717) is 0 Å². The average molecular weight is 357 g/mol. The number of hydrogen-bond acceptors (Lipinski definition) is 0. The minimum absolute atomic E-state index is 1.20. The normalized spacial score (nSPS) is 11.8. The quantitative estimate of drug-likeness (QED) is 0.289. The molecule has 0 fully saturated rings. The highest BCUT2D eigenvalue weighted by molar-refractivity contribution is 6.28. The fourth-order valence-electron chi connectivity index (χ4n) is 4.67. The summed E-state index contributed by atoms with van der Waals surface area (Å²) in [6.45, 7) is 2.22. The van der Waals surface area contributed by atoms with Crippen molar-refractivity contribution in [2.24, 2.45) is 0 Å². The monoisotopic (exact) mass is 357 g/mol. The van der Waals surface area contributed by atoms with Gasteiger partial charge in [0.2, 0.25) is 0 Å². The Balaban J connectivity index is 1.98. The van der Waals surface area contributed by atoms with E-state index in [4.69, 9.17) is 0 Å². The second-order valence-electron chi connectivity index (χ2n) is 7.48. The maximum absolute atomic E-state index is 2.41. The van der Waals surface area contributed by atoms with Crippen molar-refractivity contribution in [1.29, 1.82) is 0 Å². The van der Waals surface area contributed by atoms with Crippen LogP contribution in [0.25, 0.3) is 49.0 Å². The third-order valence-electron chi connectivity index (χ3n) is 5.88. The van der Waals surface area contributed by atoms with Gasteiger partial charge in [-0.25, -0.2) is 0 Å². The summed E-state index contributed by atoms with van der Waals surface area (Å²) in [5, 5.41) is 7.94. The molecule has 0 aliphatic rings. The number of aromatic nitrogens is 1.